The predicted octanol–water partition coefficient (Wildman–Crippen LogP) is 0.763. The van der Waals surface area contributed by atoms with E-state index in [1.807, 2.05) is 6.92 Å². The van der Waals surface area contributed by atoms with Gasteiger partial charge in [0, 0.05) is 32.4 Å². The summed E-state index contributed by atoms with van der Waals surface area (Å²) in [7, 11) is 0. The molecule has 90 valence electrons. The van der Waals surface area contributed by atoms with E-state index in [1.54, 1.807) is 6.92 Å². The molecule has 16 heavy (non-hydrogen) atoms. The minimum absolute atomic E-state index is 0.184. The summed E-state index contributed by atoms with van der Waals surface area (Å²) in [6.07, 6.45) is 1.50. The van der Waals surface area contributed by atoms with Crippen molar-refractivity contribution in [2.45, 2.75) is 39.2 Å². The fraction of sp³-hybridized carbons (Fsp3) is 0.700. The number of nitrogens with zero attached hydrogens (tertiary/aromatic N) is 2. The second-order valence-electron chi connectivity index (χ2n) is 3.77. The molecule has 0 aliphatic heterocycles. The van der Waals surface area contributed by atoms with Crippen LogP contribution in [-0.2, 0) is 11.2 Å². The SMILES string of the molecule is Cc1nc(CCNC(C)CCC(=O)O)no1. The first-order chi connectivity index (χ1) is 7.58. The minimum Gasteiger partial charge on any atom is -0.481 e. The van der Waals surface area contributed by atoms with E-state index in [2.05, 4.69) is 15.5 Å². The largest absolute Gasteiger partial charge is 0.481 e. The number of nitrogens with one attached hydrogen (secondary N) is 1. The van der Waals surface area contributed by atoms with Gasteiger partial charge in [-0.25, -0.2) is 0 Å². The summed E-state index contributed by atoms with van der Waals surface area (Å²) in [5.41, 5.74) is 0. The van der Waals surface area contributed by atoms with Gasteiger partial charge in [-0.2, -0.15) is 4.98 Å². The molecule has 1 heterocycles. The Morgan fingerprint density at radius 1 is 1.62 bits per heavy atom. The Balaban J connectivity index is 2.13. The molecule has 0 saturated carbocycles. The number of hydrogen-bond donors (Lipinski definition) is 2. The van der Waals surface area contributed by atoms with Crippen molar-refractivity contribution in [1.82, 2.24) is 15.5 Å². The first-order valence-electron chi connectivity index (χ1n) is 5.32. The van der Waals surface area contributed by atoms with Gasteiger partial charge in [0.15, 0.2) is 5.82 Å². The van der Waals surface area contributed by atoms with Gasteiger partial charge in [0.05, 0.1) is 0 Å². The van der Waals surface area contributed by atoms with Gasteiger partial charge in [-0.3, -0.25) is 4.79 Å². The Kier molecular flexibility index (Phi) is 4.91. The Morgan fingerprint density at radius 3 is 2.94 bits per heavy atom. The Hall–Kier alpha value is -1.43. The Bertz CT molecular complexity index is 338. The third-order valence-corrected chi connectivity index (χ3v) is 2.20. The maximum atomic E-state index is 10.3. The number of aliphatic carboxylic acids is 1. The van der Waals surface area contributed by atoms with Gasteiger partial charge in [-0.05, 0) is 13.3 Å². The average molecular weight is 227 g/mol. The van der Waals surface area contributed by atoms with Gasteiger partial charge in [-0.1, -0.05) is 5.16 Å². The van der Waals surface area contributed by atoms with Gasteiger partial charge < -0.3 is 14.9 Å². The van der Waals surface area contributed by atoms with Gasteiger partial charge >= 0.3 is 5.97 Å². The van der Waals surface area contributed by atoms with Crippen molar-refractivity contribution in [3.63, 3.8) is 0 Å². The molecule has 6 nitrogen and oxygen atoms in total. The molecule has 6 heteroatoms. The van der Waals surface area contributed by atoms with Crippen LogP contribution in [0.2, 0.25) is 0 Å². The lowest BCUT2D eigenvalue weighted by molar-refractivity contribution is -0.137. The van der Waals surface area contributed by atoms with Crippen LogP contribution >= 0.6 is 0 Å². The molecule has 1 aromatic rings. The number of rotatable bonds is 7. The average Bonchev–Trinajstić information content (AvgIpc) is 2.61. The second kappa shape index (κ2) is 6.22. The summed E-state index contributed by atoms with van der Waals surface area (Å²) < 4.78 is 4.83. The van der Waals surface area contributed by atoms with E-state index < -0.39 is 5.97 Å². The zero-order valence-corrected chi connectivity index (χ0v) is 9.56. The molecule has 2 N–H and O–H groups in total. The molecular formula is C10H17N3O3. The third kappa shape index (κ3) is 4.88. The lowest BCUT2D eigenvalue weighted by Gasteiger charge is -2.11. The van der Waals surface area contributed by atoms with E-state index in [0.29, 0.717) is 24.6 Å². The highest BCUT2D eigenvalue weighted by Gasteiger charge is 2.06. The van der Waals surface area contributed by atoms with E-state index in [1.165, 1.54) is 0 Å². The highest BCUT2D eigenvalue weighted by molar-refractivity contribution is 5.66. The van der Waals surface area contributed by atoms with Gasteiger partial charge in [0.2, 0.25) is 5.89 Å². The smallest absolute Gasteiger partial charge is 0.303 e. The van der Waals surface area contributed by atoms with E-state index in [0.717, 1.165) is 6.54 Å². The van der Waals surface area contributed by atoms with Crippen molar-refractivity contribution in [1.29, 1.82) is 0 Å². The molecule has 0 radical (unpaired) electrons. The second-order valence-corrected chi connectivity index (χ2v) is 3.77. The van der Waals surface area contributed by atoms with Crippen molar-refractivity contribution in [3.8, 4) is 0 Å². The molecule has 0 fully saturated rings. The summed E-state index contributed by atoms with van der Waals surface area (Å²) in [6.45, 7) is 4.43. The van der Waals surface area contributed by atoms with Crippen LogP contribution in [-0.4, -0.2) is 33.8 Å². The van der Waals surface area contributed by atoms with Gasteiger partial charge in [-0.15, -0.1) is 0 Å². The standard InChI is InChI=1S/C10H17N3O3/c1-7(3-4-10(14)15)11-6-5-9-12-8(2)16-13-9/h7,11H,3-6H2,1-2H3,(H,14,15). The van der Waals surface area contributed by atoms with Gasteiger partial charge in [0.25, 0.3) is 0 Å². The quantitative estimate of drug-likeness (QED) is 0.715. The maximum Gasteiger partial charge on any atom is 0.303 e. The number of carboxylic acids is 1. The molecule has 1 atom stereocenters. The minimum atomic E-state index is -0.762. The van der Waals surface area contributed by atoms with Crippen LogP contribution < -0.4 is 5.32 Å². The highest BCUT2D eigenvalue weighted by atomic mass is 16.5. The molecule has 1 aromatic heterocycles. The maximum absolute atomic E-state index is 10.3. The molecule has 1 rings (SSSR count). The van der Waals surface area contributed by atoms with Crippen molar-refractivity contribution >= 4 is 5.97 Å². The number of hydrogen-bond acceptors (Lipinski definition) is 5. The predicted molar refractivity (Wildman–Crippen MR) is 57.1 cm³/mol. The van der Waals surface area contributed by atoms with Crippen LogP contribution in [0.1, 0.15) is 31.5 Å². The molecule has 0 bridgehead atoms. The summed E-state index contributed by atoms with van der Waals surface area (Å²) >= 11 is 0. The van der Waals surface area contributed by atoms with Crippen LogP contribution in [0.4, 0.5) is 0 Å². The topological polar surface area (TPSA) is 88.2 Å². The van der Waals surface area contributed by atoms with E-state index in [9.17, 15) is 4.79 Å². The van der Waals surface area contributed by atoms with Crippen LogP contribution in [0.15, 0.2) is 4.52 Å². The van der Waals surface area contributed by atoms with Crippen molar-refractivity contribution in [2.24, 2.45) is 0 Å². The zero-order valence-electron chi connectivity index (χ0n) is 9.56. The fourth-order valence-corrected chi connectivity index (χ4v) is 1.32. The fourth-order valence-electron chi connectivity index (χ4n) is 1.32. The Labute approximate surface area is 94.0 Å². The zero-order chi connectivity index (χ0) is 12.0. The lowest BCUT2D eigenvalue weighted by Crippen LogP contribution is -2.28. The first-order valence-corrected chi connectivity index (χ1v) is 5.32. The normalized spacial score (nSPS) is 12.6. The number of carboxylic acid groups (broad SMARTS) is 1. The molecule has 0 aliphatic carbocycles. The van der Waals surface area contributed by atoms with Crippen LogP contribution in [0.5, 0.6) is 0 Å². The van der Waals surface area contributed by atoms with E-state index in [-0.39, 0.29) is 12.5 Å². The van der Waals surface area contributed by atoms with Crippen molar-refractivity contribution in [2.75, 3.05) is 6.54 Å². The van der Waals surface area contributed by atoms with Crippen LogP contribution in [0.25, 0.3) is 0 Å². The van der Waals surface area contributed by atoms with E-state index in [4.69, 9.17) is 9.63 Å². The van der Waals surface area contributed by atoms with Gasteiger partial charge in [0.1, 0.15) is 0 Å². The molecule has 0 amide bonds. The van der Waals surface area contributed by atoms with Crippen molar-refractivity contribution in [3.05, 3.63) is 11.7 Å². The number of aromatic nitrogens is 2. The Morgan fingerprint density at radius 2 is 2.38 bits per heavy atom. The summed E-state index contributed by atoms with van der Waals surface area (Å²) in [5, 5.41) is 15.5. The van der Waals surface area contributed by atoms with E-state index >= 15 is 0 Å². The van der Waals surface area contributed by atoms with Crippen molar-refractivity contribution < 1.29 is 14.4 Å². The monoisotopic (exact) mass is 227 g/mol. The van der Waals surface area contributed by atoms with Crippen LogP contribution in [0.3, 0.4) is 0 Å². The first kappa shape index (κ1) is 12.6. The summed E-state index contributed by atoms with van der Waals surface area (Å²) in [4.78, 5) is 14.4. The summed E-state index contributed by atoms with van der Waals surface area (Å²) in [5.74, 6) is 0.479. The molecule has 0 aromatic carbocycles. The summed E-state index contributed by atoms with van der Waals surface area (Å²) in [6, 6.07) is 0.184. The number of aryl methyl sites for hydroxylation is 1. The molecule has 0 spiro atoms. The van der Waals surface area contributed by atoms with Crippen LogP contribution in [0, 0.1) is 6.92 Å². The molecular weight excluding hydrogens is 210 g/mol. The third-order valence-electron chi connectivity index (χ3n) is 2.20. The molecule has 0 saturated heterocycles. The number of carbonyl (C=O) groups is 1. The molecule has 1 unspecified atom stereocenters. The highest BCUT2D eigenvalue weighted by Crippen LogP contribution is 1.98. The lowest BCUT2D eigenvalue weighted by atomic mass is 10.2. The molecule has 0 aliphatic rings.